The summed E-state index contributed by atoms with van der Waals surface area (Å²) >= 11 is 1.82. The van der Waals surface area contributed by atoms with E-state index in [2.05, 4.69) is 12.2 Å². The van der Waals surface area contributed by atoms with E-state index < -0.39 is 0 Å². The van der Waals surface area contributed by atoms with Crippen LogP contribution in [0.3, 0.4) is 0 Å². The minimum atomic E-state index is -0.0291. The minimum absolute atomic E-state index is 0.0291. The molecule has 0 spiro atoms. The molecular formula is C16H20N2O2S. The second kappa shape index (κ2) is 6.03. The van der Waals surface area contributed by atoms with E-state index >= 15 is 0 Å². The maximum Gasteiger partial charge on any atom is 0.124 e. The van der Waals surface area contributed by atoms with Gasteiger partial charge in [0.15, 0.2) is 0 Å². The van der Waals surface area contributed by atoms with Gasteiger partial charge in [0, 0.05) is 16.1 Å². The molecule has 1 aliphatic rings. The molecule has 2 N–H and O–H groups in total. The van der Waals surface area contributed by atoms with Gasteiger partial charge in [0.2, 0.25) is 0 Å². The molecule has 112 valence electrons. The van der Waals surface area contributed by atoms with E-state index in [-0.39, 0.29) is 12.6 Å². The topological polar surface area (TPSA) is 54.4 Å². The summed E-state index contributed by atoms with van der Waals surface area (Å²) in [5, 5.41) is 14.0. The number of nitrogens with zero attached hydrogens (tertiary/aromatic N) is 1. The number of methoxy groups -OCH3 is 1. The first-order valence-corrected chi connectivity index (χ1v) is 8.05. The summed E-state index contributed by atoms with van der Waals surface area (Å²) in [6, 6.07) is 5.94. The zero-order chi connectivity index (χ0) is 14.8. The van der Waals surface area contributed by atoms with Crippen LogP contribution in [-0.4, -0.2) is 17.2 Å². The van der Waals surface area contributed by atoms with Gasteiger partial charge in [0.25, 0.3) is 0 Å². The highest BCUT2D eigenvalue weighted by atomic mass is 32.1. The summed E-state index contributed by atoms with van der Waals surface area (Å²) in [5.41, 5.74) is 3.05. The van der Waals surface area contributed by atoms with Crippen molar-refractivity contribution in [3.8, 4) is 5.75 Å². The van der Waals surface area contributed by atoms with E-state index in [9.17, 15) is 5.11 Å². The fourth-order valence-corrected chi connectivity index (χ4v) is 3.86. The molecule has 0 aliphatic heterocycles. The molecule has 1 atom stereocenters. The number of aliphatic hydroxyl groups is 1. The smallest absolute Gasteiger partial charge is 0.124 e. The Kier molecular flexibility index (Phi) is 4.12. The normalized spacial score (nSPS) is 14.8. The highest BCUT2D eigenvalue weighted by molar-refractivity contribution is 7.11. The number of aromatic nitrogens is 1. The van der Waals surface area contributed by atoms with Gasteiger partial charge < -0.3 is 15.2 Å². The van der Waals surface area contributed by atoms with Gasteiger partial charge in [0.1, 0.15) is 10.8 Å². The molecule has 0 bridgehead atoms. The van der Waals surface area contributed by atoms with Gasteiger partial charge in [-0.1, -0.05) is 0 Å². The van der Waals surface area contributed by atoms with E-state index in [4.69, 9.17) is 9.72 Å². The highest BCUT2D eigenvalue weighted by Crippen LogP contribution is 2.32. The first kappa shape index (κ1) is 14.4. The third-order valence-corrected chi connectivity index (χ3v) is 5.16. The van der Waals surface area contributed by atoms with Gasteiger partial charge in [-0.3, -0.25) is 0 Å². The maximum absolute atomic E-state index is 9.39. The molecule has 21 heavy (non-hydrogen) atoms. The van der Waals surface area contributed by atoms with Crippen LogP contribution in [0.2, 0.25) is 0 Å². The van der Waals surface area contributed by atoms with E-state index in [0.29, 0.717) is 5.75 Å². The van der Waals surface area contributed by atoms with E-state index in [1.54, 1.807) is 7.11 Å². The van der Waals surface area contributed by atoms with Crippen LogP contribution < -0.4 is 10.1 Å². The maximum atomic E-state index is 9.39. The molecule has 1 aromatic carbocycles. The van der Waals surface area contributed by atoms with Gasteiger partial charge in [-0.2, -0.15) is 0 Å². The Morgan fingerprint density at radius 3 is 3.00 bits per heavy atom. The van der Waals surface area contributed by atoms with Crippen LogP contribution in [-0.2, 0) is 19.4 Å². The summed E-state index contributed by atoms with van der Waals surface area (Å²) in [7, 11) is 1.61. The lowest BCUT2D eigenvalue weighted by Gasteiger charge is -2.15. The number of thiazole rings is 1. The van der Waals surface area contributed by atoms with Crippen LogP contribution in [0.15, 0.2) is 18.2 Å². The number of nitrogens with one attached hydrogen (secondary N) is 1. The summed E-state index contributed by atoms with van der Waals surface area (Å²) in [4.78, 5) is 6.19. The molecule has 1 aromatic heterocycles. The quantitative estimate of drug-likeness (QED) is 0.890. The Morgan fingerprint density at radius 1 is 1.43 bits per heavy atom. The average molecular weight is 304 g/mol. The number of rotatable bonds is 5. The minimum Gasteiger partial charge on any atom is -0.496 e. The standard InChI is InChI=1S/C16H20N2O2S/c1-10(16-18-13-4-3-5-15(13)21-16)17-12-6-7-14(20-2)11(8-12)9-19/h6-8,10,17,19H,3-5,9H2,1-2H3. The number of fused-ring (bicyclic) bond motifs is 1. The molecule has 0 saturated heterocycles. The van der Waals surface area contributed by atoms with Crippen molar-refractivity contribution in [3.63, 3.8) is 0 Å². The van der Waals surface area contributed by atoms with Crippen LogP contribution in [0.1, 0.15) is 40.5 Å². The van der Waals surface area contributed by atoms with E-state index in [0.717, 1.165) is 22.7 Å². The highest BCUT2D eigenvalue weighted by Gasteiger charge is 2.19. The van der Waals surface area contributed by atoms with Crippen molar-refractivity contribution in [1.29, 1.82) is 0 Å². The molecule has 4 nitrogen and oxygen atoms in total. The number of ether oxygens (including phenoxy) is 1. The van der Waals surface area contributed by atoms with Crippen molar-refractivity contribution in [2.75, 3.05) is 12.4 Å². The van der Waals surface area contributed by atoms with Gasteiger partial charge in [-0.05, 0) is 44.4 Å². The molecule has 1 heterocycles. The Hall–Kier alpha value is -1.59. The van der Waals surface area contributed by atoms with Gasteiger partial charge >= 0.3 is 0 Å². The molecule has 0 amide bonds. The number of aliphatic hydroxyl groups excluding tert-OH is 1. The fourth-order valence-electron chi connectivity index (χ4n) is 2.70. The van der Waals surface area contributed by atoms with E-state index in [1.807, 2.05) is 29.5 Å². The zero-order valence-electron chi connectivity index (χ0n) is 12.3. The van der Waals surface area contributed by atoms with Crippen LogP contribution >= 0.6 is 11.3 Å². The van der Waals surface area contributed by atoms with Crippen molar-refractivity contribution in [1.82, 2.24) is 4.98 Å². The Labute approximate surface area is 128 Å². The SMILES string of the molecule is COc1ccc(NC(C)c2nc3c(s2)CCC3)cc1CO. The van der Waals surface area contributed by atoms with E-state index in [1.165, 1.54) is 23.4 Å². The molecular weight excluding hydrogens is 284 g/mol. The van der Waals surface area contributed by atoms with Crippen molar-refractivity contribution < 1.29 is 9.84 Å². The molecule has 2 aromatic rings. The van der Waals surface area contributed by atoms with Crippen LogP contribution in [0.25, 0.3) is 0 Å². The lowest BCUT2D eigenvalue weighted by molar-refractivity contribution is 0.274. The van der Waals surface area contributed by atoms with Crippen molar-refractivity contribution in [3.05, 3.63) is 39.3 Å². The molecule has 0 radical (unpaired) electrons. The number of hydrogen-bond acceptors (Lipinski definition) is 5. The monoisotopic (exact) mass is 304 g/mol. The van der Waals surface area contributed by atoms with Crippen LogP contribution in [0.5, 0.6) is 5.75 Å². The summed E-state index contributed by atoms with van der Waals surface area (Å²) in [5.74, 6) is 0.712. The lowest BCUT2D eigenvalue weighted by atomic mass is 10.1. The fraction of sp³-hybridized carbons (Fsp3) is 0.438. The predicted octanol–water partition coefficient (Wildman–Crippen LogP) is 3.31. The number of benzene rings is 1. The van der Waals surface area contributed by atoms with Crippen molar-refractivity contribution in [2.45, 2.75) is 38.8 Å². The summed E-state index contributed by atoms with van der Waals surface area (Å²) in [6.07, 6.45) is 3.54. The predicted molar refractivity (Wildman–Crippen MR) is 85.1 cm³/mol. The van der Waals surface area contributed by atoms with Gasteiger partial charge in [0.05, 0.1) is 25.5 Å². The van der Waals surface area contributed by atoms with Crippen LogP contribution in [0, 0.1) is 0 Å². The Balaban J connectivity index is 1.76. The third kappa shape index (κ3) is 2.89. The average Bonchev–Trinajstić information content (AvgIpc) is 3.08. The number of anilines is 1. The number of hydrogen-bond donors (Lipinski definition) is 2. The second-order valence-electron chi connectivity index (χ2n) is 5.33. The van der Waals surface area contributed by atoms with Gasteiger partial charge in [-0.15, -0.1) is 11.3 Å². The van der Waals surface area contributed by atoms with Crippen LogP contribution in [0.4, 0.5) is 5.69 Å². The zero-order valence-corrected chi connectivity index (χ0v) is 13.2. The summed E-state index contributed by atoms with van der Waals surface area (Å²) < 4.78 is 5.22. The van der Waals surface area contributed by atoms with Crippen molar-refractivity contribution >= 4 is 17.0 Å². The lowest BCUT2D eigenvalue weighted by Crippen LogP contribution is -2.07. The molecule has 0 fully saturated rings. The molecule has 1 unspecified atom stereocenters. The first-order chi connectivity index (χ1) is 10.2. The molecule has 1 aliphatic carbocycles. The van der Waals surface area contributed by atoms with Gasteiger partial charge in [-0.25, -0.2) is 4.98 Å². The number of aryl methyl sites for hydroxylation is 2. The third-order valence-electron chi connectivity index (χ3n) is 3.82. The van der Waals surface area contributed by atoms with Crippen molar-refractivity contribution in [2.24, 2.45) is 0 Å². The molecule has 5 heteroatoms. The molecule has 3 rings (SSSR count). The Morgan fingerprint density at radius 2 is 2.29 bits per heavy atom. The first-order valence-electron chi connectivity index (χ1n) is 7.24. The summed E-state index contributed by atoms with van der Waals surface area (Å²) in [6.45, 7) is 2.09. The second-order valence-corrected chi connectivity index (χ2v) is 6.44. The molecule has 0 saturated carbocycles. The Bertz CT molecular complexity index is 618. The largest absolute Gasteiger partial charge is 0.496 e.